The summed E-state index contributed by atoms with van der Waals surface area (Å²) in [6.45, 7) is 3.06. The molecule has 0 aliphatic heterocycles. The number of aromatic nitrogens is 2. The van der Waals surface area contributed by atoms with E-state index in [1.165, 1.54) is 103 Å². The quantitative estimate of drug-likeness (QED) is 0.167. The first-order valence-corrected chi connectivity index (χ1v) is 19.3. The molecule has 0 amide bonds. The molecule has 256 valence electrons. The van der Waals surface area contributed by atoms with Crippen LogP contribution in [0.15, 0.2) is 176 Å². The summed E-state index contributed by atoms with van der Waals surface area (Å²) in [5.41, 5.74) is 8.23. The summed E-state index contributed by atoms with van der Waals surface area (Å²) in [5.74, 6) is 1.02. The van der Waals surface area contributed by atoms with Crippen LogP contribution in [-0.4, -0.2) is 9.55 Å². The van der Waals surface area contributed by atoms with Gasteiger partial charge in [0.1, 0.15) is 5.82 Å². The number of para-hydroxylation sites is 2. The third-order valence-corrected chi connectivity index (χ3v) is 12.0. The van der Waals surface area contributed by atoms with E-state index in [9.17, 15) is 0 Å². The molecule has 0 bridgehead atoms. The summed E-state index contributed by atoms with van der Waals surface area (Å²) < 4.78 is 2.30. The molecular weight excluding hydrogens is 665 g/mol. The number of hydrogen-bond donors (Lipinski definition) is 0. The Morgan fingerprint density at radius 3 is 1.47 bits per heavy atom. The summed E-state index contributed by atoms with van der Waals surface area (Å²) in [5, 5.41) is 18.1. The van der Waals surface area contributed by atoms with Crippen LogP contribution < -0.4 is 0 Å². The summed E-state index contributed by atoms with van der Waals surface area (Å²) in [7, 11) is 0. The van der Waals surface area contributed by atoms with Crippen molar-refractivity contribution in [3.63, 3.8) is 0 Å². The standard InChI is InChI=1S/C53H34N2/c1-2-55-48-15-4-3-14-47(48)54-53(55)41-27-25-38-28-37(23-24-39(38)29-41)32-16-18-33(19-17-32)42-30-40-26-22-36-9-6-12-44-43-11-5-8-34-20-21-35-10-7-13-45(51(35)49(34)43)46(31-42)52(40)50(36)44/h3-31H,2H2,1H3. The number of aryl methyl sites for hydroxylation is 1. The van der Waals surface area contributed by atoms with E-state index in [-0.39, 0.29) is 0 Å². The third kappa shape index (κ3) is 4.46. The van der Waals surface area contributed by atoms with Crippen molar-refractivity contribution in [2.75, 3.05) is 0 Å². The van der Waals surface area contributed by atoms with Gasteiger partial charge < -0.3 is 4.57 Å². The maximum Gasteiger partial charge on any atom is 0.141 e. The van der Waals surface area contributed by atoms with Gasteiger partial charge in [-0.15, -0.1) is 0 Å². The fourth-order valence-electron chi connectivity index (χ4n) is 9.49. The van der Waals surface area contributed by atoms with E-state index in [0.29, 0.717) is 0 Å². The van der Waals surface area contributed by atoms with Crippen LogP contribution in [0.5, 0.6) is 0 Å². The molecule has 55 heavy (non-hydrogen) atoms. The molecule has 0 N–H and O–H groups in total. The Morgan fingerprint density at radius 1 is 0.364 bits per heavy atom. The number of fused-ring (bicyclic) bond motifs is 4. The number of benzene rings is 10. The minimum atomic E-state index is 0.877. The lowest BCUT2D eigenvalue weighted by Gasteiger charge is -2.17. The van der Waals surface area contributed by atoms with Crippen LogP contribution in [-0.2, 0) is 6.54 Å². The average molecular weight is 699 g/mol. The summed E-state index contributed by atoms with van der Waals surface area (Å²) in [6.07, 6.45) is 0. The van der Waals surface area contributed by atoms with Gasteiger partial charge in [-0.25, -0.2) is 4.98 Å². The predicted octanol–water partition coefficient (Wildman–Crippen LogP) is 14.6. The molecule has 12 rings (SSSR count). The molecule has 1 aromatic heterocycles. The maximum absolute atomic E-state index is 5.00. The van der Waals surface area contributed by atoms with Gasteiger partial charge in [0.05, 0.1) is 11.0 Å². The minimum absolute atomic E-state index is 0.877. The first-order chi connectivity index (χ1) is 27.2. The third-order valence-electron chi connectivity index (χ3n) is 12.0. The van der Waals surface area contributed by atoms with Crippen molar-refractivity contribution in [3.05, 3.63) is 176 Å². The number of nitrogens with zero attached hydrogens (tertiary/aromatic N) is 2. The van der Waals surface area contributed by atoms with Crippen LogP contribution in [0.25, 0.3) is 120 Å². The van der Waals surface area contributed by atoms with Crippen molar-refractivity contribution in [1.82, 2.24) is 9.55 Å². The molecule has 12 aromatic rings. The molecular formula is C53H34N2. The van der Waals surface area contributed by atoms with Gasteiger partial charge in [0, 0.05) is 12.1 Å². The normalized spacial score (nSPS) is 12.2. The molecule has 0 radical (unpaired) electrons. The van der Waals surface area contributed by atoms with Gasteiger partial charge in [-0.2, -0.15) is 0 Å². The monoisotopic (exact) mass is 698 g/mol. The van der Waals surface area contributed by atoms with E-state index >= 15 is 0 Å². The highest BCUT2D eigenvalue weighted by molar-refractivity contribution is 6.37. The van der Waals surface area contributed by atoms with Crippen molar-refractivity contribution < 1.29 is 0 Å². The number of imidazole rings is 1. The Hall–Kier alpha value is -7.03. The van der Waals surface area contributed by atoms with Gasteiger partial charge in [-0.05, 0) is 141 Å². The molecule has 0 aliphatic carbocycles. The molecule has 11 aromatic carbocycles. The zero-order chi connectivity index (χ0) is 36.2. The Balaban J connectivity index is 0.994. The molecule has 0 saturated carbocycles. The smallest absolute Gasteiger partial charge is 0.141 e. The molecule has 2 nitrogen and oxygen atoms in total. The van der Waals surface area contributed by atoms with Crippen LogP contribution in [0.2, 0.25) is 0 Å². The summed E-state index contributed by atoms with van der Waals surface area (Å²) in [6, 6.07) is 65.4. The van der Waals surface area contributed by atoms with Crippen LogP contribution >= 0.6 is 0 Å². The Kier molecular flexibility index (Phi) is 6.35. The van der Waals surface area contributed by atoms with Gasteiger partial charge in [0.2, 0.25) is 0 Å². The van der Waals surface area contributed by atoms with Crippen LogP contribution in [0.4, 0.5) is 0 Å². The second kappa shape index (κ2) is 11.5. The zero-order valence-electron chi connectivity index (χ0n) is 30.3. The molecule has 0 aliphatic rings. The lowest BCUT2D eigenvalue weighted by atomic mass is 9.86. The molecule has 0 saturated heterocycles. The van der Waals surface area contributed by atoms with Gasteiger partial charge in [0.15, 0.2) is 0 Å². The highest BCUT2D eigenvalue weighted by atomic mass is 15.1. The van der Waals surface area contributed by atoms with Crippen molar-refractivity contribution in [3.8, 4) is 33.6 Å². The van der Waals surface area contributed by atoms with Gasteiger partial charge >= 0.3 is 0 Å². The average Bonchev–Trinajstić information content (AvgIpc) is 3.63. The largest absolute Gasteiger partial charge is 0.324 e. The first-order valence-electron chi connectivity index (χ1n) is 19.3. The van der Waals surface area contributed by atoms with Crippen LogP contribution in [0, 0.1) is 0 Å². The van der Waals surface area contributed by atoms with Crippen molar-refractivity contribution >= 4 is 86.4 Å². The highest BCUT2D eigenvalue weighted by Crippen LogP contribution is 2.44. The summed E-state index contributed by atoms with van der Waals surface area (Å²) >= 11 is 0. The van der Waals surface area contributed by atoms with Crippen molar-refractivity contribution in [1.29, 1.82) is 0 Å². The van der Waals surface area contributed by atoms with Crippen molar-refractivity contribution in [2.24, 2.45) is 0 Å². The highest BCUT2D eigenvalue weighted by Gasteiger charge is 2.17. The zero-order valence-corrected chi connectivity index (χ0v) is 30.3. The molecule has 0 unspecified atom stereocenters. The molecule has 1 heterocycles. The second-order valence-corrected chi connectivity index (χ2v) is 15.0. The lowest BCUT2D eigenvalue weighted by Crippen LogP contribution is -1.97. The Morgan fingerprint density at radius 2 is 0.836 bits per heavy atom. The van der Waals surface area contributed by atoms with Gasteiger partial charge in [-0.1, -0.05) is 140 Å². The SMILES string of the molecule is CCn1c(-c2ccc3cc(-c4ccc(-c5cc6ccc7cccc8c9cccc%10ccc%11cccc(c(c5)c6c78)c%11c%109)cc4)ccc3c2)nc2ccccc21. The number of hydrogen-bond acceptors (Lipinski definition) is 1. The Labute approximate surface area is 317 Å². The van der Waals surface area contributed by atoms with E-state index in [4.69, 9.17) is 4.98 Å². The van der Waals surface area contributed by atoms with E-state index in [2.05, 4.69) is 187 Å². The maximum atomic E-state index is 5.00. The van der Waals surface area contributed by atoms with Crippen LogP contribution in [0.1, 0.15) is 6.92 Å². The van der Waals surface area contributed by atoms with Crippen LogP contribution in [0.3, 0.4) is 0 Å². The first kappa shape index (κ1) is 30.4. The molecule has 2 heteroatoms. The van der Waals surface area contributed by atoms with Gasteiger partial charge in [0.25, 0.3) is 0 Å². The molecule has 0 fully saturated rings. The fourth-order valence-corrected chi connectivity index (χ4v) is 9.49. The second-order valence-electron chi connectivity index (χ2n) is 15.0. The number of rotatable bonds is 4. The van der Waals surface area contributed by atoms with E-state index < -0.39 is 0 Å². The predicted molar refractivity (Wildman–Crippen MR) is 235 cm³/mol. The van der Waals surface area contributed by atoms with E-state index in [1.807, 2.05) is 0 Å². The van der Waals surface area contributed by atoms with E-state index in [1.54, 1.807) is 0 Å². The van der Waals surface area contributed by atoms with Gasteiger partial charge in [-0.3, -0.25) is 0 Å². The van der Waals surface area contributed by atoms with Crippen molar-refractivity contribution in [2.45, 2.75) is 13.5 Å². The topological polar surface area (TPSA) is 17.8 Å². The fraction of sp³-hybridized carbons (Fsp3) is 0.0377. The summed E-state index contributed by atoms with van der Waals surface area (Å²) in [4.78, 5) is 5.00. The molecule has 0 atom stereocenters. The van der Waals surface area contributed by atoms with E-state index in [0.717, 1.165) is 23.4 Å². The minimum Gasteiger partial charge on any atom is -0.324 e. The molecule has 0 spiro atoms. The Bertz CT molecular complexity index is 3510. The lowest BCUT2D eigenvalue weighted by molar-refractivity contribution is 0.796.